The Kier molecular flexibility index (Phi) is 23.4. The summed E-state index contributed by atoms with van der Waals surface area (Å²) in [7, 11) is 2.97. The molecule has 526 valence electrons. The number of nitrogens with zero attached hydrogens (tertiary/aromatic N) is 12. The maximum Gasteiger partial charge on any atom is 0.410 e. The van der Waals surface area contributed by atoms with Crippen LogP contribution in [0.25, 0.3) is 22.3 Å². The number of aromatic nitrogens is 8. The molecule has 0 bridgehead atoms. The molecule has 4 aliphatic rings. The van der Waals surface area contributed by atoms with Crippen LogP contribution in [0.4, 0.5) is 9.59 Å². The first-order chi connectivity index (χ1) is 49.6. The number of carbonyl (C=O) groups excluding carboxylic acids is 6. The average molecular weight is 1410 g/mol. The van der Waals surface area contributed by atoms with Crippen molar-refractivity contribution in [3.63, 3.8) is 0 Å². The zero-order valence-electron chi connectivity index (χ0n) is 57.5. The zero-order chi connectivity index (χ0) is 71.2. The Labute approximate surface area is 600 Å². The Morgan fingerprint density at radius 3 is 1.21 bits per heavy atom. The summed E-state index contributed by atoms with van der Waals surface area (Å²) in [6.07, 6.45) is -0.627. The first-order valence-electron chi connectivity index (χ1n) is 34.2. The van der Waals surface area contributed by atoms with E-state index in [4.69, 9.17) is 18.9 Å². The van der Waals surface area contributed by atoms with Crippen LogP contribution < -0.4 is 10.6 Å². The molecule has 8 aromatic rings. The molecule has 2 aromatic heterocycles. The van der Waals surface area contributed by atoms with Crippen LogP contribution in [0.1, 0.15) is 87.5 Å². The van der Waals surface area contributed by atoms with E-state index in [1.165, 1.54) is 47.4 Å². The lowest BCUT2D eigenvalue weighted by molar-refractivity contribution is -0.142. The Hall–Kier alpha value is -10.4. The quantitative estimate of drug-likeness (QED) is 0.0479. The standard InChI is InChI=1S/C76H80N14O10S2/c1-49(85(5)75(95)99-47-65-61-37-19-15-33-57(61)58-34-16-20-38-62(58)65)69(91)77-67(71(93)87-41-25-27-53(87)45-89-73(79-81-83-89)101-55-29-11-9-12-30-55)51(3)97-43-23-7-8-24-44-98-52(4)68(72(94)88-42-26-28-54(88)46-90-74(80-82-84-90)102-56-31-13-10-14-32-56)78-70(92)50(2)86(6)76(96)100-48-66-63-39-21-17-35-59(63)60-36-18-22-40-64(60)66/h9-22,29-40,49-54,65-68H,25-28,41-48H2,1-6H3,(H,77,91)(H,78,92)/t49-,50-,51?,52?,53-,54-,67-,68-/m0/s1. The van der Waals surface area contributed by atoms with E-state index in [2.05, 4.69) is 89.6 Å². The van der Waals surface area contributed by atoms with Gasteiger partial charge in [-0.1, -0.05) is 145 Å². The third-order valence-corrected chi connectivity index (χ3v) is 21.3. The van der Waals surface area contributed by atoms with Crippen molar-refractivity contribution >= 4 is 59.3 Å². The summed E-state index contributed by atoms with van der Waals surface area (Å²) in [5.74, 6) is 8.92. The summed E-state index contributed by atoms with van der Waals surface area (Å²) < 4.78 is 27.6. The molecule has 0 radical (unpaired) electrons. The Bertz CT molecular complexity index is 4070. The van der Waals surface area contributed by atoms with Gasteiger partial charge in [-0.2, -0.15) is 0 Å². The Morgan fingerprint density at radius 1 is 0.500 bits per heavy atom. The van der Waals surface area contributed by atoms with Crippen LogP contribution in [-0.2, 0) is 51.2 Å². The minimum absolute atomic E-state index is 0.0505. The van der Waals surface area contributed by atoms with E-state index in [1.54, 1.807) is 46.9 Å². The van der Waals surface area contributed by atoms with Crippen LogP contribution in [-0.4, -0.2) is 198 Å². The van der Waals surface area contributed by atoms with E-state index >= 15 is 0 Å². The number of nitrogens with one attached hydrogen (secondary N) is 2. The topological polar surface area (TPSA) is 264 Å². The molecule has 2 aliphatic carbocycles. The molecular formula is C76H80N14O10S2. The normalized spacial score (nSPS) is 16.8. The molecule has 102 heavy (non-hydrogen) atoms. The molecule has 2 N–H and O–H groups in total. The largest absolute Gasteiger partial charge is 0.448 e. The van der Waals surface area contributed by atoms with Gasteiger partial charge in [0.1, 0.15) is 50.6 Å². The fourth-order valence-corrected chi connectivity index (χ4v) is 15.0. The summed E-state index contributed by atoms with van der Waals surface area (Å²) in [6.45, 7) is 7.56. The first kappa shape index (κ1) is 71.4. The van der Waals surface area contributed by atoms with Crippen molar-refractivity contribution in [1.29, 1.82) is 0 Å². The molecule has 12 rings (SSSR count). The summed E-state index contributed by atoms with van der Waals surface area (Å²) in [5, 5.41) is 31.9. The highest BCUT2D eigenvalue weighted by Crippen LogP contribution is 2.46. The molecule has 6 aromatic carbocycles. The maximum absolute atomic E-state index is 15.0. The number of benzene rings is 6. The molecule has 26 heteroatoms. The lowest BCUT2D eigenvalue weighted by atomic mass is 9.98. The van der Waals surface area contributed by atoms with E-state index < -0.39 is 72.2 Å². The van der Waals surface area contributed by atoms with Crippen molar-refractivity contribution in [2.45, 2.75) is 147 Å². The van der Waals surface area contributed by atoms with Crippen molar-refractivity contribution in [1.82, 2.24) is 70.6 Å². The van der Waals surface area contributed by atoms with Gasteiger partial charge < -0.3 is 39.4 Å². The van der Waals surface area contributed by atoms with Gasteiger partial charge in [-0.15, -0.1) is 10.2 Å². The summed E-state index contributed by atoms with van der Waals surface area (Å²) >= 11 is 2.81. The molecule has 2 unspecified atom stereocenters. The molecule has 2 fully saturated rings. The molecule has 2 saturated heterocycles. The van der Waals surface area contributed by atoms with Gasteiger partial charge in [0.15, 0.2) is 0 Å². The average Bonchev–Trinajstić information content (AvgIpc) is 1.62. The third kappa shape index (κ3) is 16.5. The monoisotopic (exact) mass is 1410 g/mol. The fraction of sp³-hybridized carbons (Fsp3) is 0.368. The number of likely N-dealkylation sites (N-methyl/N-ethyl adjacent to an activating group) is 2. The van der Waals surface area contributed by atoms with Gasteiger partial charge in [-0.25, -0.2) is 19.0 Å². The first-order valence-corrected chi connectivity index (χ1v) is 35.8. The number of hydrogen-bond acceptors (Lipinski definition) is 18. The van der Waals surface area contributed by atoms with E-state index in [-0.39, 0.29) is 50.3 Å². The molecule has 4 heterocycles. The van der Waals surface area contributed by atoms with Crippen molar-refractivity contribution in [3.05, 3.63) is 180 Å². The van der Waals surface area contributed by atoms with E-state index in [0.29, 0.717) is 62.2 Å². The number of hydrogen-bond donors (Lipinski definition) is 2. The van der Waals surface area contributed by atoms with Gasteiger partial charge >= 0.3 is 12.2 Å². The molecule has 0 spiro atoms. The van der Waals surface area contributed by atoms with Gasteiger partial charge in [0.25, 0.3) is 0 Å². The van der Waals surface area contributed by atoms with Gasteiger partial charge in [0, 0.05) is 48.8 Å². The van der Waals surface area contributed by atoms with Gasteiger partial charge in [-0.3, -0.25) is 29.0 Å². The zero-order valence-corrected chi connectivity index (χ0v) is 59.2. The second-order valence-electron chi connectivity index (χ2n) is 25.6. The minimum Gasteiger partial charge on any atom is -0.448 e. The van der Waals surface area contributed by atoms with Crippen LogP contribution in [0.15, 0.2) is 178 Å². The van der Waals surface area contributed by atoms with Gasteiger partial charge in [0.2, 0.25) is 33.9 Å². The van der Waals surface area contributed by atoms with E-state index in [9.17, 15) is 28.8 Å². The highest BCUT2D eigenvalue weighted by molar-refractivity contribution is 7.99. The van der Waals surface area contributed by atoms with Crippen molar-refractivity contribution in [2.24, 2.45) is 0 Å². The number of carbonyl (C=O) groups is 6. The van der Waals surface area contributed by atoms with Crippen LogP contribution in [0.5, 0.6) is 0 Å². The fourth-order valence-electron chi connectivity index (χ4n) is 13.4. The number of likely N-dealkylation sites (tertiary alicyclic amines) is 2. The van der Waals surface area contributed by atoms with Crippen LogP contribution >= 0.6 is 23.5 Å². The summed E-state index contributed by atoms with van der Waals surface area (Å²) in [5.41, 5.74) is 8.52. The SMILES string of the molecule is CC(OCC#CC#CCOC(C)[C@H](NC(=O)[C@H](C)N(C)C(=O)OCC1c2ccccc2-c2ccccc21)C(=O)N1CCC[C@H]1Cn1nnnc1Sc1ccccc1)[C@H](NC(=O)[C@H](C)N(C)C(=O)OCC1c2ccccc2-c2ccccc21)C(=O)N1CCC[C@H]1Cn1nnnc1Sc1ccccc1. The maximum atomic E-state index is 15.0. The minimum atomic E-state index is -1.23. The smallest absolute Gasteiger partial charge is 0.410 e. The Balaban J connectivity index is 0.699. The number of ether oxygens (including phenoxy) is 4. The highest BCUT2D eigenvalue weighted by atomic mass is 32.2. The molecule has 6 amide bonds. The lowest BCUT2D eigenvalue weighted by Crippen LogP contribution is -2.58. The predicted octanol–water partition coefficient (Wildman–Crippen LogP) is 8.97. The van der Waals surface area contributed by atoms with Crippen molar-refractivity contribution in [2.75, 3.05) is 53.6 Å². The molecular weight excluding hydrogens is 1330 g/mol. The number of fused-ring (bicyclic) bond motifs is 6. The van der Waals surface area contributed by atoms with Gasteiger partial charge in [0.05, 0.1) is 37.4 Å². The number of tetrazole rings is 2. The molecule has 2 aliphatic heterocycles. The predicted molar refractivity (Wildman–Crippen MR) is 381 cm³/mol. The second-order valence-corrected chi connectivity index (χ2v) is 27.6. The molecule has 8 atom stereocenters. The van der Waals surface area contributed by atoms with Crippen LogP contribution in [0.3, 0.4) is 0 Å². The molecule has 0 saturated carbocycles. The summed E-state index contributed by atoms with van der Waals surface area (Å²) in [4.78, 5) is 94.1. The Morgan fingerprint density at radius 2 is 0.843 bits per heavy atom. The third-order valence-electron chi connectivity index (χ3n) is 19.3. The van der Waals surface area contributed by atoms with Crippen molar-refractivity contribution in [3.8, 4) is 45.9 Å². The number of amides is 6. The van der Waals surface area contributed by atoms with Crippen LogP contribution in [0, 0.1) is 23.7 Å². The van der Waals surface area contributed by atoms with E-state index in [1.807, 2.05) is 133 Å². The summed E-state index contributed by atoms with van der Waals surface area (Å²) in [6, 6.07) is 46.2. The lowest BCUT2D eigenvalue weighted by Gasteiger charge is -2.33. The van der Waals surface area contributed by atoms with Gasteiger partial charge in [-0.05, 0) is 178 Å². The van der Waals surface area contributed by atoms with E-state index in [0.717, 1.165) is 54.3 Å². The molecule has 24 nitrogen and oxygen atoms in total. The highest BCUT2D eigenvalue weighted by Gasteiger charge is 2.42. The number of rotatable bonds is 26. The van der Waals surface area contributed by atoms with Crippen LogP contribution in [0.2, 0.25) is 0 Å². The van der Waals surface area contributed by atoms with Crippen molar-refractivity contribution < 1.29 is 47.7 Å². The second kappa shape index (κ2) is 33.4.